The molecular weight excluding hydrogens is 280 g/mol. The Hall–Kier alpha value is -1.40. The van der Waals surface area contributed by atoms with Gasteiger partial charge in [-0.2, -0.15) is 0 Å². The number of ether oxygens (including phenoxy) is 1. The molecule has 1 aromatic heterocycles. The first kappa shape index (κ1) is 13.6. The summed E-state index contributed by atoms with van der Waals surface area (Å²) in [4.78, 5) is 22.6. The first-order valence-electron chi connectivity index (χ1n) is 6.88. The number of aromatic nitrogens is 2. The van der Waals surface area contributed by atoms with Crippen molar-refractivity contribution in [2.75, 3.05) is 37.7 Å². The lowest BCUT2D eigenvalue weighted by atomic mass is 10.3. The van der Waals surface area contributed by atoms with E-state index in [9.17, 15) is 4.79 Å². The molecule has 0 aromatic carbocycles. The van der Waals surface area contributed by atoms with Crippen LogP contribution >= 0.6 is 11.6 Å². The predicted molar refractivity (Wildman–Crippen MR) is 75.1 cm³/mol. The van der Waals surface area contributed by atoms with Crippen molar-refractivity contribution < 1.29 is 9.53 Å². The van der Waals surface area contributed by atoms with Crippen LogP contribution in [-0.2, 0) is 4.74 Å². The van der Waals surface area contributed by atoms with Crippen LogP contribution in [0, 0.1) is 5.92 Å². The summed E-state index contributed by atoms with van der Waals surface area (Å²) in [6.45, 7) is 3.42. The summed E-state index contributed by atoms with van der Waals surface area (Å²) in [6, 6.07) is 1.51. The number of rotatable bonds is 4. The molecule has 108 valence electrons. The molecule has 1 N–H and O–H groups in total. The van der Waals surface area contributed by atoms with Crippen molar-refractivity contribution in [3.63, 3.8) is 0 Å². The Bertz CT molecular complexity index is 501. The van der Waals surface area contributed by atoms with Crippen molar-refractivity contribution in [3.8, 4) is 0 Å². The van der Waals surface area contributed by atoms with Gasteiger partial charge in [-0.1, -0.05) is 11.6 Å². The van der Waals surface area contributed by atoms with Crippen molar-refractivity contribution in [2.45, 2.75) is 12.8 Å². The van der Waals surface area contributed by atoms with E-state index >= 15 is 0 Å². The van der Waals surface area contributed by atoms with E-state index in [1.807, 2.05) is 4.90 Å². The van der Waals surface area contributed by atoms with Gasteiger partial charge in [-0.25, -0.2) is 9.97 Å². The van der Waals surface area contributed by atoms with Crippen LogP contribution in [0.3, 0.4) is 0 Å². The Labute approximate surface area is 122 Å². The normalized spacial score (nSPS) is 18.9. The van der Waals surface area contributed by atoms with Gasteiger partial charge in [-0.05, 0) is 18.8 Å². The fraction of sp³-hybridized carbons (Fsp3) is 0.615. The van der Waals surface area contributed by atoms with Crippen molar-refractivity contribution in [2.24, 2.45) is 5.92 Å². The van der Waals surface area contributed by atoms with Crippen LogP contribution in [0.15, 0.2) is 6.07 Å². The van der Waals surface area contributed by atoms with Crippen LogP contribution in [-0.4, -0.2) is 48.7 Å². The molecule has 1 aromatic rings. The molecule has 0 atom stereocenters. The second-order valence-corrected chi connectivity index (χ2v) is 5.52. The van der Waals surface area contributed by atoms with E-state index in [4.69, 9.17) is 16.3 Å². The van der Waals surface area contributed by atoms with Gasteiger partial charge in [0.1, 0.15) is 10.8 Å². The maximum atomic E-state index is 12.1. The summed E-state index contributed by atoms with van der Waals surface area (Å²) in [6.07, 6.45) is 2.40. The number of nitrogens with one attached hydrogen (secondary N) is 1. The van der Waals surface area contributed by atoms with Gasteiger partial charge in [0.2, 0.25) is 5.95 Å². The van der Waals surface area contributed by atoms with Crippen molar-refractivity contribution >= 4 is 23.5 Å². The van der Waals surface area contributed by atoms with E-state index in [0.717, 1.165) is 0 Å². The van der Waals surface area contributed by atoms with E-state index in [2.05, 4.69) is 15.3 Å². The van der Waals surface area contributed by atoms with Gasteiger partial charge in [-0.3, -0.25) is 4.79 Å². The van der Waals surface area contributed by atoms with Crippen LogP contribution in [0.4, 0.5) is 5.95 Å². The number of carbonyl (C=O) groups is 1. The minimum atomic E-state index is -0.185. The van der Waals surface area contributed by atoms with Gasteiger partial charge in [0.15, 0.2) is 0 Å². The molecule has 1 aliphatic carbocycles. The van der Waals surface area contributed by atoms with Crippen LogP contribution < -0.4 is 10.2 Å². The maximum absolute atomic E-state index is 12.1. The maximum Gasteiger partial charge on any atom is 0.270 e. The highest BCUT2D eigenvalue weighted by Gasteiger charge is 2.23. The zero-order chi connectivity index (χ0) is 13.9. The molecule has 0 unspecified atom stereocenters. The summed E-state index contributed by atoms with van der Waals surface area (Å²) in [5, 5.41) is 3.18. The van der Waals surface area contributed by atoms with Gasteiger partial charge in [0.25, 0.3) is 5.91 Å². The van der Waals surface area contributed by atoms with E-state index in [1.165, 1.54) is 18.9 Å². The number of anilines is 1. The largest absolute Gasteiger partial charge is 0.378 e. The minimum Gasteiger partial charge on any atom is -0.378 e. The summed E-state index contributed by atoms with van der Waals surface area (Å²) >= 11 is 6.00. The van der Waals surface area contributed by atoms with Gasteiger partial charge in [-0.15, -0.1) is 0 Å². The standard InChI is InChI=1S/C13H17ClN4O2/c14-11-7-10(12(19)15-8-9-1-2-9)16-13(17-11)18-3-5-20-6-4-18/h7,9H,1-6,8H2,(H,15,19). The molecule has 1 amide bonds. The number of nitrogens with zero attached hydrogens (tertiary/aromatic N) is 3. The van der Waals surface area contributed by atoms with Gasteiger partial charge >= 0.3 is 0 Å². The fourth-order valence-electron chi connectivity index (χ4n) is 2.08. The fourth-order valence-corrected chi connectivity index (χ4v) is 2.26. The van der Waals surface area contributed by atoms with E-state index < -0.39 is 0 Å². The predicted octanol–water partition coefficient (Wildman–Crippen LogP) is 1.11. The molecule has 7 heteroatoms. The van der Waals surface area contributed by atoms with Gasteiger partial charge in [0, 0.05) is 25.7 Å². The SMILES string of the molecule is O=C(NCC1CC1)c1cc(Cl)nc(N2CCOCC2)n1. The van der Waals surface area contributed by atoms with Gasteiger partial charge in [0.05, 0.1) is 13.2 Å². The third-order valence-electron chi connectivity index (χ3n) is 3.46. The third-order valence-corrected chi connectivity index (χ3v) is 3.65. The van der Waals surface area contributed by atoms with Crippen LogP contribution in [0.2, 0.25) is 5.15 Å². The molecule has 1 saturated heterocycles. The van der Waals surface area contributed by atoms with Crippen molar-refractivity contribution in [1.29, 1.82) is 0 Å². The number of amides is 1. The average Bonchev–Trinajstić information content (AvgIpc) is 3.29. The lowest BCUT2D eigenvalue weighted by Gasteiger charge is -2.26. The molecule has 2 aliphatic rings. The highest BCUT2D eigenvalue weighted by Crippen LogP contribution is 2.27. The number of halogens is 1. The quantitative estimate of drug-likeness (QED) is 0.843. The lowest BCUT2D eigenvalue weighted by molar-refractivity contribution is 0.0946. The second kappa shape index (κ2) is 5.93. The van der Waals surface area contributed by atoms with Crippen LogP contribution in [0.1, 0.15) is 23.3 Å². The molecule has 0 spiro atoms. The molecule has 2 heterocycles. The zero-order valence-electron chi connectivity index (χ0n) is 11.1. The third kappa shape index (κ3) is 3.37. The Morgan fingerprint density at radius 2 is 2.15 bits per heavy atom. The monoisotopic (exact) mass is 296 g/mol. The second-order valence-electron chi connectivity index (χ2n) is 5.13. The molecule has 6 nitrogen and oxygen atoms in total. The summed E-state index contributed by atoms with van der Waals surface area (Å²) in [5.74, 6) is 0.947. The Morgan fingerprint density at radius 3 is 2.85 bits per heavy atom. The molecular formula is C13H17ClN4O2. The van der Waals surface area contributed by atoms with E-state index in [-0.39, 0.29) is 11.1 Å². The highest BCUT2D eigenvalue weighted by molar-refractivity contribution is 6.29. The number of hydrogen-bond donors (Lipinski definition) is 1. The molecule has 20 heavy (non-hydrogen) atoms. The molecule has 1 aliphatic heterocycles. The number of morpholine rings is 1. The number of hydrogen-bond acceptors (Lipinski definition) is 5. The number of carbonyl (C=O) groups excluding carboxylic acids is 1. The zero-order valence-corrected chi connectivity index (χ0v) is 11.9. The van der Waals surface area contributed by atoms with Crippen LogP contribution in [0.5, 0.6) is 0 Å². The first-order chi connectivity index (χ1) is 9.72. The highest BCUT2D eigenvalue weighted by atomic mass is 35.5. The van der Waals surface area contributed by atoms with Gasteiger partial charge < -0.3 is 15.0 Å². The molecule has 1 saturated carbocycles. The first-order valence-corrected chi connectivity index (χ1v) is 7.25. The van der Waals surface area contributed by atoms with E-state index in [0.29, 0.717) is 50.4 Å². The Morgan fingerprint density at radius 1 is 1.40 bits per heavy atom. The average molecular weight is 297 g/mol. The van der Waals surface area contributed by atoms with Crippen molar-refractivity contribution in [1.82, 2.24) is 15.3 Å². The Balaban J connectivity index is 1.72. The topological polar surface area (TPSA) is 67.4 Å². The minimum absolute atomic E-state index is 0.185. The summed E-state index contributed by atoms with van der Waals surface area (Å²) < 4.78 is 5.29. The lowest BCUT2D eigenvalue weighted by Crippen LogP contribution is -2.38. The molecule has 2 fully saturated rings. The van der Waals surface area contributed by atoms with Crippen molar-refractivity contribution in [3.05, 3.63) is 16.9 Å². The van der Waals surface area contributed by atoms with E-state index in [1.54, 1.807) is 0 Å². The van der Waals surface area contributed by atoms with Crippen LogP contribution in [0.25, 0.3) is 0 Å². The smallest absolute Gasteiger partial charge is 0.270 e. The molecule has 0 bridgehead atoms. The molecule has 3 rings (SSSR count). The summed E-state index contributed by atoms with van der Waals surface area (Å²) in [7, 11) is 0. The summed E-state index contributed by atoms with van der Waals surface area (Å²) in [5.41, 5.74) is 0.326. The Kier molecular flexibility index (Phi) is 4.03. The molecule has 0 radical (unpaired) electrons.